The minimum Gasteiger partial charge on any atom is -0.358 e. The van der Waals surface area contributed by atoms with E-state index in [0.29, 0.717) is 11.6 Å². The van der Waals surface area contributed by atoms with Gasteiger partial charge in [0.15, 0.2) is 5.65 Å². The van der Waals surface area contributed by atoms with Crippen LogP contribution in [0.15, 0.2) is 79.7 Å². The van der Waals surface area contributed by atoms with E-state index in [2.05, 4.69) is 92.3 Å². The molecule has 1 aliphatic rings. The van der Waals surface area contributed by atoms with Gasteiger partial charge < -0.3 is 10.3 Å². The maximum atomic E-state index is 4.62. The number of anilines is 1. The smallest absolute Gasteiger partial charge is 0.181 e. The predicted octanol–water partition coefficient (Wildman–Crippen LogP) is 6.88. The number of nitrogens with one attached hydrogen (secondary N) is 3. The van der Waals surface area contributed by atoms with Crippen molar-refractivity contribution < 1.29 is 0 Å². The van der Waals surface area contributed by atoms with E-state index in [-0.39, 0.29) is 0 Å². The van der Waals surface area contributed by atoms with Crippen LogP contribution >= 0.6 is 0 Å². The normalized spacial score (nSPS) is 13.1. The molecule has 7 heteroatoms. The number of fused-ring (bicyclic) bond motifs is 2. The van der Waals surface area contributed by atoms with Crippen LogP contribution in [0.5, 0.6) is 0 Å². The zero-order valence-electron chi connectivity index (χ0n) is 20.3. The molecule has 0 saturated heterocycles. The molecule has 0 saturated carbocycles. The van der Waals surface area contributed by atoms with Gasteiger partial charge in [0, 0.05) is 51.8 Å². The molecule has 178 valence electrons. The zero-order chi connectivity index (χ0) is 24.6. The lowest BCUT2D eigenvalue weighted by Crippen LogP contribution is -2.02. The fraction of sp³-hybridized carbons (Fsp3) is 0.172. The number of pyridine rings is 3. The van der Waals surface area contributed by atoms with Crippen molar-refractivity contribution in [2.45, 2.75) is 26.7 Å². The van der Waals surface area contributed by atoms with E-state index in [1.807, 2.05) is 31.0 Å². The average Bonchev–Trinajstić information content (AvgIpc) is 3.62. The van der Waals surface area contributed by atoms with E-state index >= 15 is 0 Å². The average molecular weight is 474 g/mol. The van der Waals surface area contributed by atoms with Crippen molar-refractivity contribution in [1.29, 1.82) is 0 Å². The third-order valence-corrected chi connectivity index (χ3v) is 6.35. The summed E-state index contributed by atoms with van der Waals surface area (Å²) in [5.41, 5.74) is 9.65. The molecule has 0 unspecified atom stereocenters. The lowest BCUT2D eigenvalue weighted by molar-refractivity contribution is 0.645. The van der Waals surface area contributed by atoms with Crippen LogP contribution in [-0.4, -0.2) is 30.1 Å². The molecule has 1 aliphatic carbocycles. The van der Waals surface area contributed by atoms with Crippen molar-refractivity contribution in [3.05, 3.63) is 85.3 Å². The summed E-state index contributed by atoms with van der Waals surface area (Å²) in [5.74, 6) is 0.537. The van der Waals surface area contributed by atoms with Crippen molar-refractivity contribution >= 4 is 33.2 Å². The maximum absolute atomic E-state index is 4.62. The standard InChI is InChI=1S/C29H27N7/c1-17(2)8-18(3)33-22-9-20(12-30-14-22)21-10-24-28(35-36-29(24)32-13-21)26-11-23-25(19-6-4-5-7-19)15-31-16-27(23)34-26/h4,6-7,9-17,33-34H,3,5,8H2,1-2H3,(H,32,35,36). The second-order valence-electron chi connectivity index (χ2n) is 9.61. The molecule has 0 spiro atoms. The minimum absolute atomic E-state index is 0.537. The van der Waals surface area contributed by atoms with Gasteiger partial charge in [0.1, 0.15) is 0 Å². The molecule has 0 aromatic carbocycles. The molecule has 3 N–H and O–H groups in total. The summed E-state index contributed by atoms with van der Waals surface area (Å²) in [4.78, 5) is 17.0. The molecule has 5 heterocycles. The van der Waals surface area contributed by atoms with Crippen LogP contribution in [0.25, 0.3) is 50.0 Å². The van der Waals surface area contributed by atoms with E-state index < -0.39 is 0 Å². The third-order valence-electron chi connectivity index (χ3n) is 6.35. The topological polar surface area (TPSA) is 95.2 Å². The molecule has 0 atom stereocenters. The van der Waals surface area contributed by atoms with Crippen molar-refractivity contribution in [2.75, 3.05) is 5.32 Å². The highest BCUT2D eigenvalue weighted by molar-refractivity contribution is 6.00. The van der Waals surface area contributed by atoms with Crippen molar-refractivity contribution in [3.63, 3.8) is 0 Å². The quantitative estimate of drug-likeness (QED) is 0.239. The van der Waals surface area contributed by atoms with Gasteiger partial charge in [-0.05, 0) is 42.5 Å². The second-order valence-corrected chi connectivity index (χ2v) is 9.61. The van der Waals surface area contributed by atoms with Gasteiger partial charge in [-0.2, -0.15) is 5.10 Å². The molecule has 0 radical (unpaired) electrons. The number of hydrogen-bond donors (Lipinski definition) is 3. The Hall–Kier alpha value is -4.52. The first-order chi connectivity index (χ1) is 17.5. The van der Waals surface area contributed by atoms with Crippen LogP contribution in [0.4, 0.5) is 5.69 Å². The fourth-order valence-corrected chi connectivity index (χ4v) is 4.75. The van der Waals surface area contributed by atoms with E-state index in [1.165, 1.54) is 5.57 Å². The Bertz CT molecular complexity index is 1670. The van der Waals surface area contributed by atoms with Crippen molar-refractivity contribution in [3.8, 4) is 22.5 Å². The van der Waals surface area contributed by atoms with Crippen molar-refractivity contribution in [2.24, 2.45) is 5.92 Å². The monoisotopic (exact) mass is 473 g/mol. The first-order valence-corrected chi connectivity index (χ1v) is 12.1. The Kier molecular flexibility index (Phi) is 5.45. The maximum Gasteiger partial charge on any atom is 0.181 e. The first kappa shape index (κ1) is 22.0. The SMILES string of the molecule is C=C(CC(C)C)Nc1cncc(-c2cnc3n[nH]c(-c4cc5c(C6=CCC=C6)cncc5[nH]4)c3c2)c1. The van der Waals surface area contributed by atoms with Gasteiger partial charge >= 0.3 is 0 Å². The van der Waals surface area contributed by atoms with Crippen LogP contribution in [0.2, 0.25) is 0 Å². The third kappa shape index (κ3) is 4.09. The molecule has 5 aromatic rings. The van der Waals surface area contributed by atoms with Crippen LogP contribution < -0.4 is 5.32 Å². The molecule has 36 heavy (non-hydrogen) atoms. The lowest BCUT2D eigenvalue weighted by atomic mass is 10.0. The molecule has 7 nitrogen and oxygen atoms in total. The molecule has 6 rings (SSSR count). The molecule has 0 amide bonds. The number of nitrogens with zero attached hydrogens (tertiary/aromatic N) is 4. The summed E-state index contributed by atoms with van der Waals surface area (Å²) >= 11 is 0. The Labute approximate surface area is 209 Å². The Morgan fingerprint density at radius 2 is 1.89 bits per heavy atom. The summed E-state index contributed by atoms with van der Waals surface area (Å²) in [6, 6.07) is 6.34. The van der Waals surface area contributed by atoms with Gasteiger partial charge in [-0.25, -0.2) is 4.98 Å². The highest BCUT2D eigenvalue weighted by atomic mass is 15.2. The van der Waals surface area contributed by atoms with Crippen LogP contribution in [0.3, 0.4) is 0 Å². The van der Waals surface area contributed by atoms with E-state index in [1.54, 1.807) is 0 Å². The van der Waals surface area contributed by atoms with Gasteiger partial charge in [0.2, 0.25) is 0 Å². The van der Waals surface area contributed by atoms with E-state index in [0.717, 1.165) is 68.6 Å². The van der Waals surface area contributed by atoms with Crippen LogP contribution in [0, 0.1) is 5.92 Å². The number of rotatable bonds is 7. The Morgan fingerprint density at radius 1 is 1.03 bits per heavy atom. The summed E-state index contributed by atoms with van der Waals surface area (Å²) in [6.07, 6.45) is 17.7. The zero-order valence-corrected chi connectivity index (χ0v) is 20.3. The van der Waals surface area contributed by atoms with Gasteiger partial charge in [-0.1, -0.05) is 38.7 Å². The van der Waals surface area contributed by atoms with Crippen molar-refractivity contribution in [1.82, 2.24) is 30.1 Å². The van der Waals surface area contributed by atoms with Crippen LogP contribution in [-0.2, 0) is 0 Å². The number of aromatic nitrogens is 6. The number of aromatic amines is 2. The predicted molar refractivity (Wildman–Crippen MR) is 146 cm³/mol. The summed E-state index contributed by atoms with van der Waals surface area (Å²) in [7, 11) is 0. The first-order valence-electron chi connectivity index (χ1n) is 12.1. The molecule has 0 aliphatic heterocycles. The fourth-order valence-electron chi connectivity index (χ4n) is 4.75. The highest BCUT2D eigenvalue weighted by Gasteiger charge is 2.16. The minimum atomic E-state index is 0.537. The molecular weight excluding hydrogens is 446 g/mol. The number of H-pyrrole nitrogens is 2. The molecule has 5 aromatic heterocycles. The summed E-state index contributed by atoms with van der Waals surface area (Å²) < 4.78 is 0. The Morgan fingerprint density at radius 3 is 2.72 bits per heavy atom. The summed E-state index contributed by atoms with van der Waals surface area (Å²) in [6.45, 7) is 8.50. The largest absolute Gasteiger partial charge is 0.358 e. The molecular formula is C29H27N7. The highest BCUT2D eigenvalue weighted by Crippen LogP contribution is 2.34. The molecule has 0 fully saturated rings. The van der Waals surface area contributed by atoms with E-state index in [9.17, 15) is 0 Å². The van der Waals surface area contributed by atoms with E-state index in [4.69, 9.17) is 0 Å². The Balaban J connectivity index is 1.37. The second kappa shape index (κ2) is 8.92. The molecule has 0 bridgehead atoms. The number of hydrogen-bond acceptors (Lipinski definition) is 5. The lowest BCUT2D eigenvalue weighted by Gasteiger charge is -2.12. The van der Waals surface area contributed by atoms with Gasteiger partial charge in [-0.3, -0.25) is 15.1 Å². The number of allylic oxidation sites excluding steroid dienone is 5. The van der Waals surface area contributed by atoms with Gasteiger partial charge in [0.25, 0.3) is 0 Å². The van der Waals surface area contributed by atoms with Gasteiger partial charge in [0.05, 0.1) is 35.0 Å². The van der Waals surface area contributed by atoms with Crippen LogP contribution in [0.1, 0.15) is 32.3 Å². The summed E-state index contributed by atoms with van der Waals surface area (Å²) in [5, 5.41) is 13.1. The van der Waals surface area contributed by atoms with Gasteiger partial charge in [-0.15, -0.1) is 0 Å².